The maximum Gasteiger partial charge on any atom is 0.298 e. The van der Waals surface area contributed by atoms with E-state index in [1.807, 2.05) is 48.5 Å². The molecule has 0 aliphatic carbocycles. The second-order valence-electron chi connectivity index (χ2n) is 7.10. The van der Waals surface area contributed by atoms with Gasteiger partial charge in [0.25, 0.3) is 6.01 Å². The van der Waals surface area contributed by atoms with E-state index in [9.17, 15) is 4.79 Å². The summed E-state index contributed by atoms with van der Waals surface area (Å²) in [5.41, 5.74) is 3.32. The molecule has 0 spiro atoms. The number of hydrogen-bond acceptors (Lipinski definition) is 6. The van der Waals surface area contributed by atoms with Crippen LogP contribution in [0.5, 0.6) is 0 Å². The zero-order valence-corrected chi connectivity index (χ0v) is 15.7. The fraction of sp³-hybridized carbons (Fsp3) is 0.238. The Morgan fingerprint density at radius 2 is 1.86 bits per heavy atom. The first kappa shape index (κ1) is 17.4. The number of carbonyl (C=O) groups excluding carboxylic acids is 1. The maximum atomic E-state index is 12.7. The zero-order valence-electron chi connectivity index (χ0n) is 15.7. The Morgan fingerprint density at radius 1 is 1.07 bits per heavy atom. The fourth-order valence-corrected chi connectivity index (χ4v) is 3.61. The molecule has 1 aliphatic rings. The smallest absolute Gasteiger partial charge is 0.298 e. The van der Waals surface area contributed by atoms with Crippen molar-refractivity contribution in [2.75, 3.05) is 23.3 Å². The van der Waals surface area contributed by atoms with E-state index >= 15 is 0 Å². The molecule has 1 saturated heterocycles. The minimum Gasteiger partial charge on any atom is -0.423 e. The van der Waals surface area contributed by atoms with Crippen molar-refractivity contribution < 1.29 is 9.21 Å². The highest BCUT2D eigenvalue weighted by atomic mass is 16.4. The topological polar surface area (TPSA) is 89.1 Å². The summed E-state index contributed by atoms with van der Waals surface area (Å²) < 4.78 is 7.52. The van der Waals surface area contributed by atoms with Gasteiger partial charge in [-0.15, -0.1) is 0 Å². The monoisotopic (exact) mass is 388 g/mol. The molecule has 8 nitrogen and oxygen atoms in total. The number of aromatic nitrogens is 4. The largest absolute Gasteiger partial charge is 0.423 e. The third-order valence-corrected chi connectivity index (χ3v) is 5.24. The van der Waals surface area contributed by atoms with Crippen LogP contribution in [0, 0.1) is 5.92 Å². The summed E-state index contributed by atoms with van der Waals surface area (Å²) in [6, 6.07) is 15.9. The molecule has 1 amide bonds. The minimum absolute atomic E-state index is 0.0226. The van der Waals surface area contributed by atoms with E-state index in [1.165, 1.54) is 6.33 Å². The predicted molar refractivity (Wildman–Crippen MR) is 109 cm³/mol. The number of nitrogens with one attached hydrogen (secondary N) is 1. The van der Waals surface area contributed by atoms with Gasteiger partial charge in [-0.1, -0.05) is 12.1 Å². The number of hydrogen-bond donors (Lipinski definition) is 1. The van der Waals surface area contributed by atoms with Crippen molar-refractivity contribution in [3.8, 4) is 5.69 Å². The van der Waals surface area contributed by atoms with E-state index in [2.05, 4.69) is 25.3 Å². The number of fused-ring (bicyclic) bond motifs is 1. The van der Waals surface area contributed by atoms with Gasteiger partial charge in [0.15, 0.2) is 5.58 Å². The Bertz CT molecular complexity index is 1080. The van der Waals surface area contributed by atoms with E-state index < -0.39 is 0 Å². The Balaban J connectivity index is 1.19. The highest BCUT2D eigenvalue weighted by Crippen LogP contribution is 2.27. The van der Waals surface area contributed by atoms with Crippen LogP contribution < -0.4 is 10.2 Å². The predicted octanol–water partition coefficient (Wildman–Crippen LogP) is 3.26. The molecule has 0 bridgehead atoms. The normalized spacial score (nSPS) is 15.0. The lowest BCUT2D eigenvalue weighted by atomic mass is 9.96. The third kappa shape index (κ3) is 3.56. The Hall–Kier alpha value is -3.68. The molecule has 3 heterocycles. The van der Waals surface area contributed by atoms with Gasteiger partial charge < -0.3 is 14.6 Å². The van der Waals surface area contributed by atoms with Crippen LogP contribution in [0.4, 0.5) is 11.7 Å². The number of piperidine rings is 1. The van der Waals surface area contributed by atoms with Crippen molar-refractivity contribution in [2.24, 2.45) is 5.92 Å². The van der Waals surface area contributed by atoms with Crippen molar-refractivity contribution in [1.29, 1.82) is 0 Å². The van der Waals surface area contributed by atoms with Crippen LogP contribution >= 0.6 is 0 Å². The number of anilines is 2. The number of para-hydroxylation sites is 2. The summed E-state index contributed by atoms with van der Waals surface area (Å²) in [5, 5.41) is 7.12. The molecular formula is C21H20N6O2. The molecular weight excluding hydrogens is 368 g/mol. The van der Waals surface area contributed by atoms with Crippen molar-refractivity contribution >= 4 is 28.7 Å². The van der Waals surface area contributed by atoms with Gasteiger partial charge >= 0.3 is 0 Å². The van der Waals surface area contributed by atoms with Gasteiger partial charge in [-0.2, -0.15) is 10.1 Å². The lowest BCUT2D eigenvalue weighted by Gasteiger charge is -2.30. The van der Waals surface area contributed by atoms with E-state index in [4.69, 9.17) is 4.42 Å². The van der Waals surface area contributed by atoms with Crippen LogP contribution in [0.1, 0.15) is 12.8 Å². The second kappa shape index (κ2) is 7.38. The van der Waals surface area contributed by atoms with Crippen LogP contribution in [0.15, 0.2) is 65.6 Å². The maximum absolute atomic E-state index is 12.7. The summed E-state index contributed by atoms with van der Waals surface area (Å²) in [4.78, 5) is 23.3. The van der Waals surface area contributed by atoms with Crippen molar-refractivity contribution in [1.82, 2.24) is 19.7 Å². The zero-order chi connectivity index (χ0) is 19.6. The van der Waals surface area contributed by atoms with Crippen molar-refractivity contribution in [2.45, 2.75) is 12.8 Å². The van der Waals surface area contributed by atoms with Crippen molar-refractivity contribution in [3.63, 3.8) is 0 Å². The minimum atomic E-state index is -0.0226. The lowest BCUT2D eigenvalue weighted by molar-refractivity contribution is -0.120. The van der Waals surface area contributed by atoms with Crippen LogP contribution in [0.25, 0.3) is 16.8 Å². The Labute approximate surface area is 167 Å². The fourth-order valence-electron chi connectivity index (χ4n) is 3.61. The first-order chi connectivity index (χ1) is 14.3. The Kier molecular flexibility index (Phi) is 4.44. The van der Waals surface area contributed by atoms with Gasteiger partial charge in [0.1, 0.15) is 18.2 Å². The third-order valence-electron chi connectivity index (χ3n) is 5.24. The molecule has 0 radical (unpaired) electrons. The highest BCUT2D eigenvalue weighted by molar-refractivity contribution is 5.92. The molecule has 0 saturated carbocycles. The van der Waals surface area contributed by atoms with Crippen LogP contribution in [-0.2, 0) is 4.79 Å². The molecule has 5 rings (SSSR count). The SMILES string of the molecule is O=C(Nc1ccc(-n2cncn2)cc1)C1CCN(c2nc3ccccc3o2)CC1. The summed E-state index contributed by atoms with van der Waals surface area (Å²) in [5.74, 6) is 0.0290. The number of amides is 1. The molecule has 0 atom stereocenters. The quantitative estimate of drug-likeness (QED) is 0.577. The number of rotatable bonds is 4. The van der Waals surface area contributed by atoms with Crippen LogP contribution in [0.3, 0.4) is 0 Å². The summed E-state index contributed by atoms with van der Waals surface area (Å²) in [6.07, 6.45) is 4.66. The number of nitrogens with zero attached hydrogens (tertiary/aromatic N) is 5. The molecule has 146 valence electrons. The summed E-state index contributed by atoms with van der Waals surface area (Å²) in [7, 11) is 0. The van der Waals surface area contributed by atoms with Gasteiger partial charge in [0, 0.05) is 24.7 Å². The van der Waals surface area contributed by atoms with E-state index in [1.54, 1.807) is 11.0 Å². The molecule has 4 aromatic rings. The average Bonchev–Trinajstić information content (AvgIpc) is 3.44. The summed E-state index contributed by atoms with van der Waals surface area (Å²) >= 11 is 0. The Morgan fingerprint density at radius 3 is 2.59 bits per heavy atom. The standard InChI is InChI=1S/C21H20N6O2/c28-20(24-16-5-7-17(8-6-16)27-14-22-13-23-27)15-9-11-26(12-10-15)21-25-18-3-1-2-4-19(18)29-21/h1-8,13-15H,9-12H2,(H,24,28). The van der Waals surface area contributed by atoms with Gasteiger partial charge in [-0.25, -0.2) is 9.67 Å². The molecule has 2 aromatic carbocycles. The van der Waals surface area contributed by atoms with Gasteiger partial charge in [0.05, 0.1) is 5.69 Å². The molecule has 8 heteroatoms. The van der Waals surface area contributed by atoms with Gasteiger partial charge in [-0.3, -0.25) is 4.79 Å². The van der Waals surface area contributed by atoms with Crippen LogP contribution in [0.2, 0.25) is 0 Å². The first-order valence-corrected chi connectivity index (χ1v) is 9.63. The lowest BCUT2D eigenvalue weighted by Crippen LogP contribution is -2.38. The molecule has 0 unspecified atom stereocenters. The summed E-state index contributed by atoms with van der Waals surface area (Å²) in [6.45, 7) is 1.49. The van der Waals surface area contributed by atoms with Gasteiger partial charge in [-0.05, 0) is 49.2 Å². The number of oxazole rings is 1. The van der Waals surface area contributed by atoms with E-state index in [0.717, 1.165) is 48.4 Å². The van der Waals surface area contributed by atoms with Crippen molar-refractivity contribution in [3.05, 3.63) is 61.2 Å². The second-order valence-corrected chi connectivity index (χ2v) is 7.10. The average molecular weight is 388 g/mol. The number of carbonyl (C=O) groups is 1. The van der Waals surface area contributed by atoms with E-state index in [0.29, 0.717) is 6.01 Å². The van der Waals surface area contributed by atoms with Crippen LogP contribution in [-0.4, -0.2) is 38.7 Å². The molecule has 2 aromatic heterocycles. The van der Waals surface area contributed by atoms with Gasteiger partial charge in [0.2, 0.25) is 5.91 Å². The first-order valence-electron chi connectivity index (χ1n) is 9.63. The highest BCUT2D eigenvalue weighted by Gasteiger charge is 2.27. The number of benzene rings is 2. The molecule has 1 N–H and O–H groups in total. The van der Waals surface area contributed by atoms with E-state index in [-0.39, 0.29) is 11.8 Å². The molecule has 1 aliphatic heterocycles. The molecule has 1 fully saturated rings. The molecule has 29 heavy (non-hydrogen) atoms.